The maximum absolute atomic E-state index is 8.84. The molecule has 0 spiro atoms. The third-order valence-corrected chi connectivity index (χ3v) is 3.20. The van der Waals surface area contributed by atoms with Gasteiger partial charge in [-0.2, -0.15) is 10.2 Å². The Balaban J connectivity index is 0.00000200. The zero-order chi connectivity index (χ0) is 13.7. The molecule has 20 heavy (non-hydrogen) atoms. The first-order valence-electron chi connectivity index (χ1n) is 6.64. The third-order valence-electron chi connectivity index (χ3n) is 3.20. The van der Waals surface area contributed by atoms with Crippen LogP contribution in [0.5, 0.6) is 0 Å². The first-order valence-corrected chi connectivity index (χ1v) is 6.64. The lowest BCUT2D eigenvalue weighted by Gasteiger charge is -2.14. The molecule has 1 atom stereocenters. The van der Waals surface area contributed by atoms with Crippen molar-refractivity contribution in [2.45, 2.75) is 39.4 Å². The number of hydrogen-bond acceptors (Lipinski definition) is 4. The molecule has 0 amide bonds. The van der Waals surface area contributed by atoms with E-state index in [4.69, 9.17) is 5.11 Å². The van der Waals surface area contributed by atoms with Crippen LogP contribution in [0.25, 0.3) is 0 Å². The predicted molar refractivity (Wildman–Crippen MR) is 81.1 cm³/mol. The Morgan fingerprint density at radius 2 is 2.20 bits per heavy atom. The van der Waals surface area contributed by atoms with Crippen molar-refractivity contribution in [3.63, 3.8) is 0 Å². The molecular weight excluding hydrogens is 278 g/mol. The average Bonchev–Trinajstić information content (AvgIpc) is 3.04. The highest BCUT2D eigenvalue weighted by Crippen LogP contribution is 2.14. The summed E-state index contributed by atoms with van der Waals surface area (Å²) < 4.78 is 3.76. The molecule has 0 radical (unpaired) electrons. The van der Waals surface area contributed by atoms with E-state index in [0.29, 0.717) is 12.6 Å². The molecule has 2 aromatic rings. The molecular formula is C13H22ClN5O. The van der Waals surface area contributed by atoms with Crippen LogP contribution in [-0.2, 0) is 13.1 Å². The minimum Gasteiger partial charge on any atom is -0.394 e. The summed E-state index contributed by atoms with van der Waals surface area (Å²) in [5.41, 5.74) is 2.11. The fraction of sp³-hybridized carbons (Fsp3) is 0.538. The Hall–Kier alpha value is -1.53. The molecule has 2 N–H and O–H groups in total. The van der Waals surface area contributed by atoms with Gasteiger partial charge in [-0.25, -0.2) is 0 Å². The molecule has 0 aromatic carbocycles. The van der Waals surface area contributed by atoms with E-state index in [1.165, 1.54) is 0 Å². The van der Waals surface area contributed by atoms with Gasteiger partial charge in [-0.3, -0.25) is 9.36 Å². The normalized spacial score (nSPS) is 11.9. The van der Waals surface area contributed by atoms with Gasteiger partial charge in [-0.1, -0.05) is 6.92 Å². The fourth-order valence-corrected chi connectivity index (χ4v) is 1.92. The van der Waals surface area contributed by atoms with Crippen LogP contribution in [0, 0.1) is 0 Å². The Kier molecular flexibility index (Phi) is 6.54. The second-order valence-electron chi connectivity index (χ2n) is 4.59. The number of nitrogens with zero attached hydrogens (tertiary/aromatic N) is 4. The van der Waals surface area contributed by atoms with Gasteiger partial charge in [0.25, 0.3) is 0 Å². The van der Waals surface area contributed by atoms with Gasteiger partial charge >= 0.3 is 0 Å². The summed E-state index contributed by atoms with van der Waals surface area (Å²) in [6.07, 6.45) is 6.54. The van der Waals surface area contributed by atoms with Gasteiger partial charge in [0.2, 0.25) is 0 Å². The summed E-state index contributed by atoms with van der Waals surface area (Å²) in [5.74, 6) is 0. The number of anilines is 1. The van der Waals surface area contributed by atoms with Crippen molar-refractivity contribution < 1.29 is 5.11 Å². The minimum absolute atomic E-state index is 0. The van der Waals surface area contributed by atoms with E-state index in [2.05, 4.69) is 29.4 Å². The van der Waals surface area contributed by atoms with E-state index in [0.717, 1.165) is 24.3 Å². The molecule has 112 valence electrons. The number of aromatic nitrogens is 4. The molecule has 2 rings (SSSR count). The lowest BCUT2D eigenvalue weighted by molar-refractivity contribution is 0.269. The third kappa shape index (κ3) is 3.98. The molecule has 0 saturated carbocycles. The van der Waals surface area contributed by atoms with E-state index < -0.39 is 0 Å². The van der Waals surface area contributed by atoms with Crippen molar-refractivity contribution in [2.75, 3.05) is 11.9 Å². The number of aliphatic hydroxyl groups excluding tert-OH is 1. The summed E-state index contributed by atoms with van der Waals surface area (Å²) in [6, 6.07) is 2.43. The van der Waals surface area contributed by atoms with E-state index in [1.807, 2.05) is 23.1 Å². The second kappa shape index (κ2) is 7.91. The number of aliphatic hydroxyl groups is 1. The van der Waals surface area contributed by atoms with Gasteiger partial charge in [-0.05, 0) is 19.4 Å². The quantitative estimate of drug-likeness (QED) is 0.821. The van der Waals surface area contributed by atoms with E-state index >= 15 is 0 Å². The fourth-order valence-electron chi connectivity index (χ4n) is 1.92. The molecule has 0 aliphatic carbocycles. The topological polar surface area (TPSA) is 67.9 Å². The Labute approximate surface area is 125 Å². The minimum atomic E-state index is 0. The number of rotatable bonds is 7. The molecule has 0 bridgehead atoms. The van der Waals surface area contributed by atoms with E-state index in [1.54, 1.807) is 10.9 Å². The van der Waals surface area contributed by atoms with Gasteiger partial charge in [0, 0.05) is 18.4 Å². The van der Waals surface area contributed by atoms with Crippen LogP contribution in [0.4, 0.5) is 5.69 Å². The van der Waals surface area contributed by atoms with E-state index in [-0.39, 0.29) is 19.0 Å². The highest BCUT2D eigenvalue weighted by Gasteiger charge is 2.08. The van der Waals surface area contributed by atoms with Crippen LogP contribution < -0.4 is 5.32 Å². The smallest absolute Gasteiger partial charge is 0.0729 e. The van der Waals surface area contributed by atoms with Crippen LogP contribution in [0.1, 0.15) is 32.0 Å². The first-order chi connectivity index (χ1) is 9.24. The van der Waals surface area contributed by atoms with Crippen molar-refractivity contribution in [1.82, 2.24) is 19.6 Å². The van der Waals surface area contributed by atoms with Crippen LogP contribution in [0.2, 0.25) is 0 Å². The SMILES string of the molecule is CCC(C)n1nccc1CNc1cnn(CCO)c1.Cl. The van der Waals surface area contributed by atoms with Crippen molar-refractivity contribution in [3.8, 4) is 0 Å². The summed E-state index contributed by atoms with van der Waals surface area (Å²) in [6.45, 7) is 5.65. The predicted octanol–water partition coefficient (Wildman–Crippen LogP) is 2.08. The van der Waals surface area contributed by atoms with Crippen molar-refractivity contribution in [1.29, 1.82) is 0 Å². The monoisotopic (exact) mass is 299 g/mol. The zero-order valence-corrected chi connectivity index (χ0v) is 12.7. The summed E-state index contributed by atoms with van der Waals surface area (Å²) in [4.78, 5) is 0. The molecule has 7 heteroatoms. The van der Waals surface area contributed by atoms with Crippen molar-refractivity contribution in [3.05, 3.63) is 30.4 Å². The van der Waals surface area contributed by atoms with Crippen molar-refractivity contribution >= 4 is 18.1 Å². The van der Waals surface area contributed by atoms with Crippen molar-refractivity contribution in [2.24, 2.45) is 0 Å². The molecule has 2 aromatic heterocycles. The lowest BCUT2D eigenvalue weighted by atomic mass is 10.2. The van der Waals surface area contributed by atoms with Gasteiger partial charge in [0.1, 0.15) is 0 Å². The highest BCUT2D eigenvalue weighted by atomic mass is 35.5. The molecule has 6 nitrogen and oxygen atoms in total. The largest absolute Gasteiger partial charge is 0.394 e. The average molecular weight is 300 g/mol. The first kappa shape index (κ1) is 16.5. The van der Waals surface area contributed by atoms with Crippen LogP contribution in [0.15, 0.2) is 24.7 Å². The molecule has 0 aliphatic rings. The maximum Gasteiger partial charge on any atom is 0.0729 e. The number of nitrogens with one attached hydrogen (secondary N) is 1. The second-order valence-corrected chi connectivity index (χ2v) is 4.59. The Morgan fingerprint density at radius 3 is 2.90 bits per heavy atom. The molecule has 1 unspecified atom stereocenters. The van der Waals surface area contributed by atoms with E-state index in [9.17, 15) is 0 Å². The lowest BCUT2D eigenvalue weighted by Crippen LogP contribution is -2.12. The molecule has 0 fully saturated rings. The standard InChI is InChI=1S/C13H21N5O.ClH/c1-3-11(2)18-13(4-5-15-18)9-14-12-8-16-17(10-12)6-7-19;/h4-5,8,10-11,14,19H,3,6-7,9H2,1-2H3;1H. The highest BCUT2D eigenvalue weighted by molar-refractivity contribution is 5.85. The van der Waals surface area contributed by atoms with Gasteiger partial charge in [-0.15, -0.1) is 12.4 Å². The molecule has 2 heterocycles. The Morgan fingerprint density at radius 1 is 1.40 bits per heavy atom. The summed E-state index contributed by atoms with van der Waals surface area (Å²) in [7, 11) is 0. The Bertz CT molecular complexity index is 510. The summed E-state index contributed by atoms with van der Waals surface area (Å²) in [5, 5.41) is 20.7. The molecule has 0 saturated heterocycles. The maximum atomic E-state index is 8.84. The number of hydrogen-bond donors (Lipinski definition) is 2. The van der Waals surface area contributed by atoms with Gasteiger partial charge < -0.3 is 10.4 Å². The van der Waals surface area contributed by atoms with Crippen LogP contribution >= 0.6 is 12.4 Å². The summed E-state index contributed by atoms with van der Waals surface area (Å²) >= 11 is 0. The zero-order valence-electron chi connectivity index (χ0n) is 11.9. The van der Waals surface area contributed by atoms with Gasteiger partial charge in [0.05, 0.1) is 37.3 Å². The molecule has 0 aliphatic heterocycles. The van der Waals surface area contributed by atoms with Crippen LogP contribution in [0.3, 0.4) is 0 Å². The van der Waals surface area contributed by atoms with Gasteiger partial charge in [0.15, 0.2) is 0 Å². The number of halogens is 1. The van der Waals surface area contributed by atoms with Crippen LogP contribution in [-0.4, -0.2) is 31.3 Å².